The van der Waals surface area contributed by atoms with Gasteiger partial charge in [0.1, 0.15) is 11.5 Å². The van der Waals surface area contributed by atoms with Crippen molar-refractivity contribution in [1.29, 1.82) is 0 Å². The molecule has 2 heterocycles. The summed E-state index contributed by atoms with van der Waals surface area (Å²) in [5.41, 5.74) is 0. The zero-order valence-corrected chi connectivity index (χ0v) is 30.3. The van der Waals surface area contributed by atoms with E-state index in [-0.39, 0.29) is 5.78 Å². The maximum absolute atomic E-state index is 12.9. The molecule has 0 saturated heterocycles. The van der Waals surface area contributed by atoms with E-state index in [9.17, 15) is 4.79 Å². The Morgan fingerprint density at radius 3 is 1.07 bits per heavy atom. The Bertz CT molecular complexity index is 846. The third-order valence-corrected chi connectivity index (χ3v) is 10.7. The van der Waals surface area contributed by atoms with Gasteiger partial charge in [-0.05, 0) is 48.6 Å². The second-order valence-corrected chi connectivity index (χ2v) is 15.0. The van der Waals surface area contributed by atoms with Crippen molar-refractivity contribution in [2.75, 3.05) is 11.5 Å². The zero-order valence-electron chi connectivity index (χ0n) is 28.6. The van der Waals surface area contributed by atoms with Gasteiger partial charge in [0.25, 0.3) is 5.78 Å². The van der Waals surface area contributed by atoms with E-state index >= 15 is 0 Å². The summed E-state index contributed by atoms with van der Waals surface area (Å²) in [6.07, 6.45) is 33.2. The summed E-state index contributed by atoms with van der Waals surface area (Å²) in [5, 5.41) is 0. The first-order valence-electron chi connectivity index (χ1n) is 18.6. The minimum Gasteiger partial charge on any atom is -0.457 e. The maximum Gasteiger partial charge on any atom is 0.263 e. The molecule has 0 fully saturated rings. The number of furan rings is 2. The molecule has 0 spiro atoms. The average Bonchev–Trinajstić information content (AvgIpc) is 3.71. The Balaban J connectivity index is 1.44. The molecule has 0 aliphatic rings. The highest BCUT2D eigenvalue weighted by Crippen LogP contribution is 2.23. The number of ketones is 1. The molecule has 0 amide bonds. The third-order valence-electron chi connectivity index (χ3n) is 8.54. The van der Waals surface area contributed by atoms with Gasteiger partial charge >= 0.3 is 0 Å². The summed E-state index contributed by atoms with van der Waals surface area (Å²) in [4.78, 5) is 12.9. The van der Waals surface area contributed by atoms with E-state index < -0.39 is 0 Å². The summed E-state index contributed by atoms with van der Waals surface area (Å²) in [6.45, 7) is 4.57. The second kappa shape index (κ2) is 28.2. The van der Waals surface area contributed by atoms with Crippen molar-refractivity contribution in [1.82, 2.24) is 0 Å². The van der Waals surface area contributed by atoms with Crippen molar-refractivity contribution in [3.8, 4) is 0 Å². The van der Waals surface area contributed by atoms with Crippen LogP contribution < -0.4 is 0 Å². The fourth-order valence-electron chi connectivity index (χ4n) is 5.71. The van der Waals surface area contributed by atoms with Gasteiger partial charge in [-0.2, -0.15) is 23.5 Å². The number of rotatable bonds is 32. The predicted octanol–water partition coefficient (Wildman–Crippen LogP) is 14.0. The molecule has 5 heteroatoms. The summed E-state index contributed by atoms with van der Waals surface area (Å²) < 4.78 is 11.7. The monoisotopic (exact) mass is 646 g/mol. The van der Waals surface area contributed by atoms with Gasteiger partial charge in [-0.1, -0.05) is 155 Å². The molecule has 0 N–H and O–H groups in total. The van der Waals surface area contributed by atoms with Crippen LogP contribution in [-0.4, -0.2) is 17.3 Å². The Hall–Kier alpha value is -1.07. The summed E-state index contributed by atoms with van der Waals surface area (Å²) in [7, 11) is 0. The van der Waals surface area contributed by atoms with Crippen molar-refractivity contribution < 1.29 is 13.6 Å². The van der Waals surface area contributed by atoms with Gasteiger partial charge in [0.2, 0.25) is 0 Å². The minimum atomic E-state index is -0.153. The van der Waals surface area contributed by atoms with E-state index in [0.29, 0.717) is 11.5 Å². The van der Waals surface area contributed by atoms with Crippen LogP contribution in [-0.2, 0) is 11.5 Å². The van der Waals surface area contributed by atoms with Crippen LogP contribution in [0.25, 0.3) is 0 Å². The quantitative estimate of drug-likeness (QED) is 0.0584. The van der Waals surface area contributed by atoms with E-state index in [2.05, 4.69) is 13.8 Å². The topological polar surface area (TPSA) is 43.4 Å². The molecule has 44 heavy (non-hydrogen) atoms. The van der Waals surface area contributed by atoms with Crippen molar-refractivity contribution in [2.45, 2.75) is 179 Å². The first kappa shape index (κ1) is 39.1. The highest BCUT2D eigenvalue weighted by atomic mass is 32.2. The molecule has 2 aromatic rings. The molecule has 0 aliphatic carbocycles. The molecule has 2 aromatic heterocycles. The van der Waals surface area contributed by atoms with Crippen LogP contribution >= 0.6 is 23.5 Å². The van der Waals surface area contributed by atoms with E-state index in [1.165, 1.54) is 154 Å². The van der Waals surface area contributed by atoms with E-state index in [4.69, 9.17) is 8.83 Å². The molecule has 0 atom stereocenters. The molecule has 2 rings (SSSR count). The lowest BCUT2D eigenvalue weighted by Crippen LogP contribution is -1.97. The van der Waals surface area contributed by atoms with Gasteiger partial charge in [-0.15, -0.1) is 0 Å². The second-order valence-electron chi connectivity index (χ2n) is 12.7. The number of carbonyl (C=O) groups is 1. The van der Waals surface area contributed by atoms with Gasteiger partial charge in [0.05, 0.1) is 11.5 Å². The van der Waals surface area contributed by atoms with Gasteiger partial charge < -0.3 is 8.83 Å². The van der Waals surface area contributed by atoms with Gasteiger partial charge in [0.15, 0.2) is 11.5 Å². The van der Waals surface area contributed by atoms with Crippen molar-refractivity contribution in [3.63, 3.8) is 0 Å². The number of hydrogen-bond donors (Lipinski definition) is 0. The first-order chi connectivity index (χ1) is 21.7. The van der Waals surface area contributed by atoms with Crippen molar-refractivity contribution in [2.24, 2.45) is 0 Å². The summed E-state index contributed by atoms with van der Waals surface area (Å²) in [6, 6.07) is 7.48. The third kappa shape index (κ3) is 20.1. The molecule has 252 valence electrons. The van der Waals surface area contributed by atoms with Crippen LogP contribution in [0.15, 0.2) is 33.1 Å². The Kier molecular flexibility index (Phi) is 25.0. The van der Waals surface area contributed by atoms with Gasteiger partial charge in [0, 0.05) is 0 Å². The minimum absolute atomic E-state index is 0.153. The lowest BCUT2D eigenvalue weighted by molar-refractivity contribution is 0.0980. The highest BCUT2D eigenvalue weighted by molar-refractivity contribution is 7.98. The SMILES string of the molecule is CCCCCCCCCCCCCCSCc1ccc(C(=O)c2ccc(CSCCCCCCCCCCCCCC)o2)o1. The number of thioether (sulfide) groups is 2. The van der Waals surface area contributed by atoms with Crippen LogP contribution in [0.4, 0.5) is 0 Å². The number of hydrogen-bond acceptors (Lipinski definition) is 5. The summed E-state index contributed by atoms with van der Waals surface area (Å²) >= 11 is 3.81. The zero-order chi connectivity index (χ0) is 31.3. The maximum atomic E-state index is 12.9. The van der Waals surface area contributed by atoms with Crippen molar-refractivity contribution >= 4 is 29.3 Å². The van der Waals surface area contributed by atoms with E-state index in [0.717, 1.165) is 34.5 Å². The fourth-order valence-corrected chi connectivity index (χ4v) is 7.53. The van der Waals surface area contributed by atoms with Gasteiger partial charge in [-0.3, -0.25) is 4.79 Å². The summed E-state index contributed by atoms with van der Waals surface area (Å²) in [5.74, 6) is 6.32. The molecule has 0 saturated carbocycles. The first-order valence-corrected chi connectivity index (χ1v) is 20.9. The van der Waals surface area contributed by atoms with Crippen LogP contribution in [0.3, 0.4) is 0 Å². The molecule has 0 unspecified atom stereocenters. The normalized spacial score (nSPS) is 11.5. The Morgan fingerprint density at radius 2 is 0.750 bits per heavy atom. The fraction of sp³-hybridized carbons (Fsp3) is 0.769. The van der Waals surface area contributed by atoms with Crippen LogP contribution in [0, 0.1) is 0 Å². The molecule has 0 aliphatic heterocycles. The molecule has 0 aromatic carbocycles. The van der Waals surface area contributed by atoms with E-state index in [1.54, 1.807) is 12.1 Å². The molecule has 0 radical (unpaired) electrons. The van der Waals surface area contributed by atoms with Gasteiger partial charge in [-0.25, -0.2) is 0 Å². The molecular formula is C39H66O3S2. The average molecular weight is 647 g/mol. The van der Waals surface area contributed by atoms with Crippen LogP contribution in [0.1, 0.15) is 196 Å². The largest absolute Gasteiger partial charge is 0.457 e. The smallest absolute Gasteiger partial charge is 0.263 e. The predicted molar refractivity (Wildman–Crippen MR) is 195 cm³/mol. The lowest BCUT2D eigenvalue weighted by atomic mass is 10.1. The number of unbranched alkanes of at least 4 members (excludes halogenated alkanes) is 22. The molecule has 0 bridgehead atoms. The molecule has 3 nitrogen and oxygen atoms in total. The number of carbonyl (C=O) groups excluding carboxylic acids is 1. The van der Waals surface area contributed by atoms with Crippen LogP contribution in [0.5, 0.6) is 0 Å². The van der Waals surface area contributed by atoms with E-state index in [1.807, 2.05) is 35.7 Å². The Labute approximate surface area is 280 Å². The Morgan fingerprint density at radius 1 is 0.455 bits per heavy atom. The lowest BCUT2D eigenvalue weighted by Gasteiger charge is -2.03. The standard InChI is InChI=1S/C39H66O3S2/c1-3-5-7-9-11-13-15-17-19-21-23-25-31-43-33-35-27-29-37(41-35)39(40)38-30-28-36(42-38)34-44-32-26-24-22-20-18-16-14-12-10-8-6-4-2/h27-30H,3-26,31-34H2,1-2H3. The molecular weight excluding hydrogens is 581 g/mol. The van der Waals surface area contributed by atoms with Crippen molar-refractivity contribution in [3.05, 3.63) is 47.3 Å². The highest BCUT2D eigenvalue weighted by Gasteiger charge is 2.18. The van der Waals surface area contributed by atoms with Crippen LogP contribution in [0.2, 0.25) is 0 Å².